The van der Waals surface area contributed by atoms with Crippen LogP contribution in [0.5, 0.6) is 0 Å². The van der Waals surface area contributed by atoms with E-state index in [9.17, 15) is 5.11 Å². The number of methoxy groups -OCH3 is 1. The van der Waals surface area contributed by atoms with Gasteiger partial charge in [-0.3, -0.25) is 0 Å². The zero-order valence-corrected chi connectivity index (χ0v) is 11.7. The summed E-state index contributed by atoms with van der Waals surface area (Å²) in [6.45, 7) is 6.02. The van der Waals surface area contributed by atoms with Crippen LogP contribution in [0.2, 0.25) is 5.02 Å². The molecule has 17 heavy (non-hydrogen) atoms. The first-order valence-electron chi connectivity index (χ1n) is 5.85. The van der Waals surface area contributed by atoms with Crippen LogP contribution in [0.4, 0.5) is 0 Å². The number of hydrogen-bond donors (Lipinski definition) is 1. The first kappa shape index (κ1) is 14.5. The lowest BCUT2D eigenvalue weighted by atomic mass is 9.94. The van der Waals surface area contributed by atoms with E-state index in [0.717, 1.165) is 17.5 Å². The lowest BCUT2D eigenvalue weighted by molar-refractivity contribution is 0.00273. The fourth-order valence-corrected chi connectivity index (χ4v) is 1.89. The Morgan fingerprint density at radius 3 is 2.65 bits per heavy atom. The van der Waals surface area contributed by atoms with Crippen molar-refractivity contribution >= 4 is 11.6 Å². The Morgan fingerprint density at radius 1 is 1.41 bits per heavy atom. The predicted molar refractivity (Wildman–Crippen MR) is 71.5 cm³/mol. The summed E-state index contributed by atoms with van der Waals surface area (Å²) in [6, 6.07) is 5.61. The quantitative estimate of drug-likeness (QED) is 0.866. The largest absolute Gasteiger partial charge is 0.388 e. The van der Waals surface area contributed by atoms with Crippen LogP contribution >= 0.6 is 11.6 Å². The average Bonchev–Trinajstić information content (AvgIpc) is 2.29. The lowest BCUT2D eigenvalue weighted by Crippen LogP contribution is -2.23. The second-order valence-electron chi connectivity index (χ2n) is 5.02. The van der Waals surface area contributed by atoms with Gasteiger partial charge in [0.1, 0.15) is 0 Å². The number of aliphatic hydroxyl groups excluding tert-OH is 1. The summed E-state index contributed by atoms with van der Waals surface area (Å²) in [7, 11) is 1.69. The van der Waals surface area contributed by atoms with E-state index in [1.54, 1.807) is 7.11 Å². The van der Waals surface area contributed by atoms with E-state index in [1.165, 1.54) is 0 Å². The second kappa shape index (κ2) is 5.85. The van der Waals surface area contributed by atoms with Gasteiger partial charge in [-0.2, -0.15) is 0 Å². The molecule has 1 unspecified atom stereocenters. The molecule has 1 rings (SSSR count). The molecule has 0 heterocycles. The molecule has 0 aromatic heterocycles. The van der Waals surface area contributed by atoms with Crippen molar-refractivity contribution in [1.29, 1.82) is 0 Å². The van der Waals surface area contributed by atoms with Gasteiger partial charge in [-0.1, -0.05) is 17.7 Å². The average molecular weight is 257 g/mol. The van der Waals surface area contributed by atoms with Gasteiger partial charge in [0.25, 0.3) is 0 Å². The van der Waals surface area contributed by atoms with Gasteiger partial charge in [-0.25, -0.2) is 0 Å². The van der Waals surface area contributed by atoms with E-state index in [0.29, 0.717) is 11.4 Å². The highest BCUT2D eigenvalue weighted by Crippen LogP contribution is 2.28. The number of rotatable bonds is 5. The van der Waals surface area contributed by atoms with Crippen LogP contribution in [0, 0.1) is 6.92 Å². The normalized spacial score (nSPS) is 13.8. The SMILES string of the molecule is COC(C)(C)CCC(O)c1cc(Cl)ccc1C. The monoisotopic (exact) mass is 256 g/mol. The molecule has 0 fully saturated rings. The Kier molecular flexibility index (Phi) is 4.99. The summed E-state index contributed by atoms with van der Waals surface area (Å²) in [4.78, 5) is 0. The Labute approximate surface area is 109 Å². The lowest BCUT2D eigenvalue weighted by Gasteiger charge is -2.24. The summed E-state index contributed by atoms with van der Waals surface area (Å²) >= 11 is 5.94. The molecule has 0 bridgehead atoms. The standard InChI is InChI=1S/C14H21ClO2/c1-10-5-6-11(15)9-12(10)13(16)7-8-14(2,3)17-4/h5-6,9,13,16H,7-8H2,1-4H3. The van der Waals surface area contributed by atoms with Gasteiger partial charge in [-0.05, 0) is 56.9 Å². The van der Waals surface area contributed by atoms with Gasteiger partial charge in [0, 0.05) is 12.1 Å². The van der Waals surface area contributed by atoms with Gasteiger partial charge < -0.3 is 9.84 Å². The molecule has 0 aliphatic heterocycles. The highest BCUT2D eigenvalue weighted by molar-refractivity contribution is 6.30. The molecule has 1 N–H and O–H groups in total. The van der Waals surface area contributed by atoms with Crippen LogP contribution in [0.1, 0.15) is 43.9 Å². The number of aliphatic hydroxyl groups is 1. The Bertz CT molecular complexity index is 374. The van der Waals surface area contributed by atoms with E-state index in [-0.39, 0.29) is 5.60 Å². The first-order valence-corrected chi connectivity index (χ1v) is 6.23. The van der Waals surface area contributed by atoms with Crippen LogP contribution in [0.15, 0.2) is 18.2 Å². The molecule has 3 heteroatoms. The van der Waals surface area contributed by atoms with E-state index < -0.39 is 6.10 Å². The first-order chi connectivity index (χ1) is 7.85. The summed E-state index contributed by atoms with van der Waals surface area (Å²) in [5, 5.41) is 10.8. The van der Waals surface area contributed by atoms with Crippen molar-refractivity contribution in [2.45, 2.75) is 45.3 Å². The maximum atomic E-state index is 10.2. The van der Waals surface area contributed by atoms with Crippen molar-refractivity contribution in [3.63, 3.8) is 0 Å². The van der Waals surface area contributed by atoms with E-state index >= 15 is 0 Å². The maximum Gasteiger partial charge on any atom is 0.0794 e. The summed E-state index contributed by atoms with van der Waals surface area (Å²) in [6.07, 6.45) is 0.988. The van der Waals surface area contributed by atoms with Crippen LogP contribution in [0.3, 0.4) is 0 Å². The maximum absolute atomic E-state index is 10.2. The molecular weight excluding hydrogens is 236 g/mol. The Morgan fingerprint density at radius 2 is 2.06 bits per heavy atom. The molecule has 96 valence electrons. The molecule has 0 spiro atoms. The van der Waals surface area contributed by atoms with Crippen molar-refractivity contribution in [2.24, 2.45) is 0 Å². The molecule has 0 amide bonds. The van der Waals surface area contributed by atoms with Crippen molar-refractivity contribution in [3.8, 4) is 0 Å². The summed E-state index contributed by atoms with van der Waals surface area (Å²) in [5.41, 5.74) is 1.77. The number of ether oxygens (including phenoxy) is 1. The second-order valence-corrected chi connectivity index (χ2v) is 5.46. The molecule has 2 nitrogen and oxygen atoms in total. The van der Waals surface area contributed by atoms with Crippen molar-refractivity contribution in [3.05, 3.63) is 34.3 Å². The number of halogens is 1. The molecule has 0 saturated heterocycles. The zero-order chi connectivity index (χ0) is 13.1. The topological polar surface area (TPSA) is 29.5 Å². The third-order valence-corrected chi connectivity index (χ3v) is 3.41. The summed E-state index contributed by atoms with van der Waals surface area (Å²) < 4.78 is 5.34. The molecule has 1 atom stereocenters. The Balaban J connectivity index is 2.70. The van der Waals surface area contributed by atoms with Gasteiger partial charge in [0.2, 0.25) is 0 Å². The van der Waals surface area contributed by atoms with Gasteiger partial charge >= 0.3 is 0 Å². The van der Waals surface area contributed by atoms with Gasteiger partial charge in [0.15, 0.2) is 0 Å². The number of aryl methyl sites for hydroxylation is 1. The number of benzene rings is 1. The van der Waals surface area contributed by atoms with Crippen molar-refractivity contribution in [2.75, 3.05) is 7.11 Å². The van der Waals surface area contributed by atoms with E-state index in [2.05, 4.69) is 0 Å². The highest BCUT2D eigenvalue weighted by Gasteiger charge is 2.19. The van der Waals surface area contributed by atoms with Crippen LogP contribution in [-0.2, 0) is 4.74 Å². The van der Waals surface area contributed by atoms with Crippen LogP contribution < -0.4 is 0 Å². The molecule has 0 aliphatic carbocycles. The van der Waals surface area contributed by atoms with Crippen molar-refractivity contribution in [1.82, 2.24) is 0 Å². The van der Waals surface area contributed by atoms with Gasteiger partial charge in [-0.15, -0.1) is 0 Å². The van der Waals surface area contributed by atoms with E-state index in [4.69, 9.17) is 16.3 Å². The third-order valence-electron chi connectivity index (χ3n) is 3.17. The minimum atomic E-state index is -0.483. The minimum Gasteiger partial charge on any atom is -0.388 e. The number of hydrogen-bond acceptors (Lipinski definition) is 2. The van der Waals surface area contributed by atoms with Crippen LogP contribution in [0.25, 0.3) is 0 Å². The highest BCUT2D eigenvalue weighted by atomic mass is 35.5. The summed E-state index contributed by atoms with van der Waals surface area (Å²) in [5.74, 6) is 0. The van der Waals surface area contributed by atoms with Gasteiger partial charge in [0.05, 0.1) is 11.7 Å². The molecular formula is C14H21ClO2. The fraction of sp³-hybridized carbons (Fsp3) is 0.571. The smallest absolute Gasteiger partial charge is 0.0794 e. The third kappa shape index (κ3) is 4.30. The predicted octanol–water partition coefficient (Wildman–Crippen LogP) is 3.89. The van der Waals surface area contributed by atoms with Crippen LogP contribution in [-0.4, -0.2) is 17.8 Å². The minimum absolute atomic E-state index is 0.201. The molecule has 1 aromatic rings. The molecule has 0 saturated carbocycles. The molecule has 1 aromatic carbocycles. The van der Waals surface area contributed by atoms with E-state index in [1.807, 2.05) is 39.0 Å². The molecule has 0 radical (unpaired) electrons. The van der Waals surface area contributed by atoms with Crippen molar-refractivity contribution < 1.29 is 9.84 Å². The fourth-order valence-electron chi connectivity index (χ4n) is 1.71. The Hall–Kier alpha value is -0.570. The zero-order valence-electron chi connectivity index (χ0n) is 11.0. The molecule has 0 aliphatic rings.